The standard InChI is InChI=1S/C19H21N5O/c1-12-9-13(2)21-16(12)10-24-8-6-14-17(11-24)22-18(23-19(14)25)15-5-3-4-7-20-15/h3-5,7,9,21H,6,8,10-11H2,1-2H3,(H,22,23,25). The van der Waals surface area contributed by atoms with Crippen molar-refractivity contribution in [2.24, 2.45) is 0 Å². The van der Waals surface area contributed by atoms with Crippen molar-refractivity contribution in [3.8, 4) is 11.5 Å². The van der Waals surface area contributed by atoms with E-state index in [-0.39, 0.29) is 5.56 Å². The quantitative estimate of drug-likeness (QED) is 0.770. The zero-order valence-electron chi connectivity index (χ0n) is 14.5. The van der Waals surface area contributed by atoms with Gasteiger partial charge in [0.1, 0.15) is 5.69 Å². The number of aromatic amines is 2. The maximum atomic E-state index is 12.4. The molecule has 128 valence electrons. The van der Waals surface area contributed by atoms with Crippen molar-refractivity contribution in [1.29, 1.82) is 0 Å². The Morgan fingerprint density at radius 1 is 1.24 bits per heavy atom. The molecule has 0 unspecified atom stereocenters. The van der Waals surface area contributed by atoms with Crippen LogP contribution in [0.1, 0.15) is 28.2 Å². The van der Waals surface area contributed by atoms with Crippen LogP contribution in [0.15, 0.2) is 35.3 Å². The summed E-state index contributed by atoms with van der Waals surface area (Å²) in [5, 5.41) is 0. The molecule has 4 rings (SSSR count). The van der Waals surface area contributed by atoms with Gasteiger partial charge in [-0.15, -0.1) is 0 Å². The fourth-order valence-corrected chi connectivity index (χ4v) is 3.43. The van der Waals surface area contributed by atoms with Gasteiger partial charge >= 0.3 is 0 Å². The maximum absolute atomic E-state index is 12.4. The van der Waals surface area contributed by atoms with E-state index in [1.54, 1.807) is 6.20 Å². The van der Waals surface area contributed by atoms with Crippen LogP contribution in [-0.4, -0.2) is 31.4 Å². The van der Waals surface area contributed by atoms with Gasteiger partial charge in [0.15, 0.2) is 5.82 Å². The van der Waals surface area contributed by atoms with E-state index in [1.807, 2.05) is 18.2 Å². The molecule has 0 radical (unpaired) electrons. The van der Waals surface area contributed by atoms with Crippen LogP contribution in [0.25, 0.3) is 11.5 Å². The van der Waals surface area contributed by atoms with E-state index in [2.05, 4.69) is 39.8 Å². The molecule has 0 saturated carbocycles. The molecule has 0 aromatic carbocycles. The Labute approximate surface area is 146 Å². The Bertz CT molecular complexity index is 958. The number of nitrogens with zero attached hydrogens (tertiary/aromatic N) is 3. The molecule has 0 fully saturated rings. The van der Waals surface area contributed by atoms with Crippen LogP contribution in [0.4, 0.5) is 0 Å². The number of rotatable bonds is 3. The number of aryl methyl sites for hydroxylation is 2. The monoisotopic (exact) mass is 335 g/mol. The van der Waals surface area contributed by atoms with Crippen molar-refractivity contribution in [1.82, 2.24) is 24.8 Å². The number of nitrogens with one attached hydrogen (secondary N) is 2. The zero-order chi connectivity index (χ0) is 17.4. The van der Waals surface area contributed by atoms with Gasteiger partial charge in [-0.1, -0.05) is 6.07 Å². The first-order valence-electron chi connectivity index (χ1n) is 8.51. The van der Waals surface area contributed by atoms with E-state index in [9.17, 15) is 4.79 Å². The Morgan fingerprint density at radius 2 is 2.12 bits per heavy atom. The highest BCUT2D eigenvalue weighted by molar-refractivity contribution is 5.49. The Hall–Kier alpha value is -2.73. The van der Waals surface area contributed by atoms with Crippen molar-refractivity contribution < 1.29 is 0 Å². The minimum Gasteiger partial charge on any atom is -0.361 e. The lowest BCUT2D eigenvalue weighted by Gasteiger charge is -2.27. The van der Waals surface area contributed by atoms with Crippen LogP contribution in [0, 0.1) is 13.8 Å². The van der Waals surface area contributed by atoms with E-state index in [0.717, 1.165) is 30.8 Å². The van der Waals surface area contributed by atoms with Gasteiger partial charge in [0.25, 0.3) is 5.56 Å². The number of hydrogen-bond donors (Lipinski definition) is 2. The number of fused-ring (bicyclic) bond motifs is 1. The fourth-order valence-electron chi connectivity index (χ4n) is 3.43. The van der Waals surface area contributed by atoms with Gasteiger partial charge in [-0.2, -0.15) is 0 Å². The van der Waals surface area contributed by atoms with Gasteiger partial charge in [-0.25, -0.2) is 4.98 Å². The molecule has 4 heterocycles. The van der Waals surface area contributed by atoms with Gasteiger partial charge in [0.05, 0.1) is 5.69 Å². The molecular weight excluding hydrogens is 314 g/mol. The van der Waals surface area contributed by atoms with E-state index < -0.39 is 0 Å². The molecule has 25 heavy (non-hydrogen) atoms. The molecule has 6 nitrogen and oxygen atoms in total. The number of hydrogen-bond acceptors (Lipinski definition) is 4. The van der Waals surface area contributed by atoms with Crippen molar-refractivity contribution in [3.63, 3.8) is 0 Å². The third-order valence-electron chi connectivity index (χ3n) is 4.70. The molecule has 0 spiro atoms. The first kappa shape index (κ1) is 15.8. The number of H-pyrrole nitrogens is 2. The van der Waals surface area contributed by atoms with Crippen LogP contribution in [-0.2, 0) is 19.5 Å². The highest BCUT2D eigenvalue weighted by Gasteiger charge is 2.22. The van der Waals surface area contributed by atoms with Gasteiger partial charge in [0.2, 0.25) is 0 Å². The van der Waals surface area contributed by atoms with Crippen molar-refractivity contribution in [2.75, 3.05) is 6.54 Å². The second-order valence-corrected chi connectivity index (χ2v) is 6.63. The summed E-state index contributed by atoms with van der Waals surface area (Å²) < 4.78 is 0. The van der Waals surface area contributed by atoms with Crippen molar-refractivity contribution >= 4 is 0 Å². The largest absolute Gasteiger partial charge is 0.361 e. The second-order valence-electron chi connectivity index (χ2n) is 6.63. The molecule has 0 aliphatic carbocycles. The first-order chi connectivity index (χ1) is 12.1. The summed E-state index contributed by atoms with van der Waals surface area (Å²) in [7, 11) is 0. The molecule has 0 bridgehead atoms. The third kappa shape index (κ3) is 3.13. The molecule has 0 saturated heterocycles. The summed E-state index contributed by atoms with van der Waals surface area (Å²) in [6.45, 7) is 6.57. The predicted molar refractivity (Wildman–Crippen MR) is 96.2 cm³/mol. The number of pyridine rings is 1. The Kier molecular flexibility index (Phi) is 3.97. The lowest BCUT2D eigenvalue weighted by molar-refractivity contribution is 0.237. The predicted octanol–water partition coefficient (Wildman–Crippen LogP) is 2.34. The summed E-state index contributed by atoms with van der Waals surface area (Å²) >= 11 is 0. The first-order valence-corrected chi connectivity index (χ1v) is 8.51. The maximum Gasteiger partial charge on any atom is 0.254 e. The third-order valence-corrected chi connectivity index (χ3v) is 4.70. The minimum absolute atomic E-state index is 0.0443. The van der Waals surface area contributed by atoms with E-state index in [0.29, 0.717) is 18.1 Å². The van der Waals surface area contributed by atoms with Gasteiger partial charge in [-0.05, 0) is 44.0 Å². The van der Waals surface area contributed by atoms with Gasteiger partial charge < -0.3 is 9.97 Å². The summed E-state index contributed by atoms with van der Waals surface area (Å²) in [4.78, 5) is 30.0. The SMILES string of the molecule is Cc1cc(C)c(CN2CCc3c(nc(-c4ccccn4)[nH]c3=O)C2)[nH]1. The average Bonchev–Trinajstić information content (AvgIpc) is 2.92. The van der Waals surface area contributed by atoms with Crippen molar-refractivity contribution in [2.45, 2.75) is 33.4 Å². The zero-order valence-corrected chi connectivity index (χ0v) is 14.5. The van der Waals surface area contributed by atoms with Crippen LogP contribution in [0.3, 0.4) is 0 Å². The molecule has 6 heteroatoms. The van der Waals surface area contributed by atoms with Crippen molar-refractivity contribution in [3.05, 3.63) is 69.0 Å². The highest BCUT2D eigenvalue weighted by atomic mass is 16.1. The normalized spacial score (nSPS) is 14.5. The lowest BCUT2D eigenvalue weighted by atomic mass is 10.1. The van der Waals surface area contributed by atoms with Crippen LogP contribution >= 0.6 is 0 Å². The van der Waals surface area contributed by atoms with Crippen LogP contribution in [0.5, 0.6) is 0 Å². The minimum atomic E-state index is -0.0443. The summed E-state index contributed by atoms with van der Waals surface area (Å²) in [6.07, 6.45) is 2.43. The summed E-state index contributed by atoms with van der Waals surface area (Å²) in [5.41, 5.74) is 5.99. The molecule has 3 aromatic heterocycles. The molecule has 0 amide bonds. The molecular formula is C19H21N5O. The molecule has 3 aromatic rings. The molecule has 1 aliphatic rings. The van der Waals surface area contributed by atoms with Gasteiger partial charge in [0, 0.05) is 42.8 Å². The molecule has 0 atom stereocenters. The summed E-state index contributed by atoms with van der Waals surface area (Å²) in [6, 6.07) is 7.76. The Balaban J connectivity index is 1.62. The second kappa shape index (κ2) is 6.29. The van der Waals surface area contributed by atoms with E-state index in [4.69, 9.17) is 4.98 Å². The Morgan fingerprint density at radius 3 is 2.84 bits per heavy atom. The van der Waals surface area contributed by atoms with Crippen LogP contribution < -0.4 is 5.56 Å². The van der Waals surface area contributed by atoms with Crippen LogP contribution in [0.2, 0.25) is 0 Å². The average molecular weight is 335 g/mol. The van der Waals surface area contributed by atoms with E-state index in [1.165, 1.54) is 17.0 Å². The molecule has 1 aliphatic heterocycles. The van der Waals surface area contributed by atoms with E-state index >= 15 is 0 Å². The molecule has 2 N–H and O–H groups in total. The topological polar surface area (TPSA) is 77.7 Å². The lowest BCUT2D eigenvalue weighted by Crippen LogP contribution is -2.35. The summed E-state index contributed by atoms with van der Waals surface area (Å²) in [5.74, 6) is 0.540. The smallest absolute Gasteiger partial charge is 0.254 e. The fraction of sp³-hybridized carbons (Fsp3) is 0.316. The number of aromatic nitrogens is 4. The van der Waals surface area contributed by atoms with Gasteiger partial charge in [-0.3, -0.25) is 14.7 Å². The highest BCUT2D eigenvalue weighted by Crippen LogP contribution is 2.20.